The topological polar surface area (TPSA) is 0 Å². The maximum absolute atomic E-state index is 12.9. The lowest BCUT2D eigenvalue weighted by molar-refractivity contribution is 0.628. The summed E-state index contributed by atoms with van der Waals surface area (Å²) in [7, 11) is 0. The van der Waals surface area contributed by atoms with Crippen molar-refractivity contribution in [3.63, 3.8) is 0 Å². The Morgan fingerprint density at radius 3 is 2.24 bits per heavy atom. The molecule has 0 unspecified atom stereocenters. The van der Waals surface area contributed by atoms with Crippen LogP contribution in [-0.4, -0.2) is 0 Å². The zero-order valence-electron chi connectivity index (χ0n) is 10.3. The predicted octanol–water partition coefficient (Wildman–Crippen LogP) is 4.69. The van der Waals surface area contributed by atoms with Crippen LogP contribution in [0.15, 0.2) is 48.5 Å². The molecule has 0 spiro atoms. The second kappa shape index (κ2) is 5.13. The van der Waals surface area contributed by atoms with Crippen LogP contribution in [0.4, 0.5) is 4.39 Å². The summed E-state index contributed by atoms with van der Waals surface area (Å²) in [5.74, 6) is 0.437. The van der Waals surface area contributed by atoms with E-state index in [2.05, 4.69) is 32.0 Å². The van der Waals surface area contributed by atoms with E-state index in [9.17, 15) is 4.39 Å². The normalized spacial score (nSPS) is 10.8. The Hall–Kier alpha value is -1.63. The molecule has 1 heteroatoms. The number of hydrogen-bond acceptors (Lipinski definition) is 0. The van der Waals surface area contributed by atoms with Gasteiger partial charge in [0.1, 0.15) is 5.82 Å². The average molecular weight is 228 g/mol. The fourth-order valence-electron chi connectivity index (χ4n) is 2.05. The molecule has 0 aliphatic rings. The van der Waals surface area contributed by atoms with E-state index in [-0.39, 0.29) is 5.82 Å². The van der Waals surface area contributed by atoms with Crippen molar-refractivity contribution >= 4 is 0 Å². The summed E-state index contributed by atoms with van der Waals surface area (Å²) >= 11 is 0. The average Bonchev–Trinajstić information content (AvgIpc) is 2.30. The predicted molar refractivity (Wildman–Crippen MR) is 70.4 cm³/mol. The van der Waals surface area contributed by atoms with Crippen LogP contribution in [0.3, 0.4) is 0 Å². The van der Waals surface area contributed by atoms with E-state index in [1.165, 1.54) is 23.3 Å². The Kier molecular flexibility index (Phi) is 3.58. The van der Waals surface area contributed by atoms with Gasteiger partial charge in [-0.05, 0) is 41.2 Å². The lowest BCUT2D eigenvalue weighted by atomic mass is 9.94. The highest BCUT2D eigenvalue weighted by Crippen LogP contribution is 2.25. The third kappa shape index (κ3) is 2.94. The van der Waals surface area contributed by atoms with E-state index in [1.807, 2.05) is 18.2 Å². The Morgan fingerprint density at radius 2 is 1.59 bits per heavy atom. The van der Waals surface area contributed by atoms with Crippen molar-refractivity contribution in [3.05, 3.63) is 59.9 Å². The first kappa shape index (κ1) is 11.8. The highest BCUT2D eigenvalue weighted by molar-refractivity contribution is 5.67. The van der Waals surface area contributed by atoms with E-state index < -0.39 is 0 Å². The third-order valence-corrected chi connectivity index (χ3v) is 2.80. The first-order chi connectivity index (χ1) is 8.16. The monoisotopic (exact) mass is 228 g/mol. The summed E-state index contributed by atoms with van der Waals surface area (Å²) in [6, 6.07) is 15.1. The molecule has 0 aliphatic heterocycles. The third-order valence-electron chi connectivity index (χ3n) is 2.80. The summed E-state index contributed by atoms with van der Waals surface area (Å²) < 4.78 is 12.9. The molecular formula is C16H17F. The van der Waals surface area contributed by atoms with Crippen molar-refractivity contribution in [2.24, 2.45) is 5.92 Å². The highest BCUT2D eigenvalue weighted by Gasteiger charge is 2.06. The van der Waals surface area contributed by atoms with Gasteiger partial charge in [0.2, 0.25) is 0 Å². The Bertz CT molecular complexity index is 483. The number of rotatable bonds is 3. The van der Waals surface area contributed by atoms with E-state index >= 15 is 0 Å². The summed E-state index contributed by atoms with van der Waals surface area (Å²) in [6.07, 6.45) is 1.05. The van der Waals surface area contributed by atoms with Crippen molar-refractivity contribution in [1.29, 1.82) is 0 Å². The van der Waals surface area contributed by atoms with Crippen LogP contribution in [0, 0.1) is 11.7 Å². The fourth-order valence-corrected chi connectivity index (χ4v) is 2.05. The Labute approximate surface area is 102 Å². The molecule has 0 fully saturated rings. The van der Waals surface area contributed by atoms with Gasteiger partial charge in [-0.15, -0.1) is 0 Å². The van der Waals surface area contributed by atoms with Crippen molar-refractivity contribution in [2.75, 3.05) is 0 Å². The second-order valence-electron chi connectivity index (χ2n) is 4.76. The zero-order valence-corrected chi connectivity index (χ0v) is 10.3. The number of benzene rings is 2. The van der Waals surface area contributed by atoms with Crippen LogP contribution in [0.25, 0.3) is 11.1 Å². The van der Waals surface area contributed by atoms with Gasteiger partial charge >= 0.3 is 0 Å². The second-order valence-corrected chi connectivity index (χ2v) is 4.76. The molecule has 0 atom stereocenters. The first-order valence-electron chi connectivity index (χ1n) is 6.00. The minimum atomic E-state index is -0.185. The van der Waals surface area contributed by atoms with Gasteiger partial charge in [0.05, 0.1) is 0 Å². The van der Waals surface area contributed by atoms with Crippen LogP contribution in [-0.2, 0) is 6.42 Å². The molecular weight excluding hydrogens is 211 g/mol. The zero-order chi connectivity index (χ0) is 12.3. The molecule has 0 nitrogen and oxygen atoms in total. The number of halogens is 1. The van der Waals surface area contributed by atoms with Gasteiger partial charge in [-0.1, -0.05) is 50.2 Å². The molecule has 2 aromatic rings. The van der Waals surface area contributed by atoms with Gasteiger partial charge in [0.15, 0.2) is 0 Å². The molecule has 0 saturated heterocycles. The van der Waals surface area contributed by atoms with Crippen molar-refractivity contribution in [1.82, 2.24) is 0 Å². The van der Waals surface area contributed by atoms with Crippen LogP contribution in [0.1, 0.15) is 19.4 Å². The molecule has 0 amide bonds. The van der Waals surface area contributed by atoms with Crippen LogP contribution < -0.4 is 0 Å². The van der Waals surface area contributed by atoms with Gasteiger partial charge in [-0.3, -0.25) is 0 Å². The molecule has 0 heterocycles. The smallest absolute Gasteiger partial charge is 0.123 e. The van der Waals surface area contributed by atoms with Crippen molar-refractivity contribution < 1.29 is 4.39 Å². The molecule has 0 radical (unpaired) electrons. The molecule has 0 bridgehead atoms. The maximum Gasteiger partial charge on any atom is 0.123 e. The van der Waals surface area contributed by atoms with Gasteiger partial charge in [-0.2, -0.15) is 0 Å². The maximum atomic E-state index is 12.9. The largest absolute Gasteiger partial charge is 0.207 e. The number of hydrogen-bond donors (Lipinski definition) is 0. The van der Waals surface area contributed by atoms with Crippen LogP contribution >= 0.6 is 0 Å². The molecule has 2 rings (SSSR count). The SMILES string of the molecule is CC(C)Cc1ccccc1-c1ccc(F)cc1. The van der Waals surface area contributed by atoms with Gasteiger partial charge in [-0.25, -0.2) is 4.39 Å². The highest BCUT2D eigenvalue weighted by atomic mass is 19.1. The van der Waals surface area contributed by atoms with E-state index in [0.717, 1.165) is 12.0 Å². The minimum absolute atomic E-state index is 0.185. The van der Waals surface area contributed by atoms with Gasteiger partial charge in [0.25, 0.3) is 0 Å². The standard InChI is InChI=1S/C16H17F/c1-12(2)11-14-5-3-4-6-16(14)13-7-9-15(17)10-8-13/h3-10,12H,11H2,1-2H3. The van der Waals surface area contributed by atoms with Crippen molar-refractivity contribution in [2.45, 2.75) is 20.3 Å². The Balaban J connectivity index is 2.40. The van der Waals surface area contributed by atoms with Crippen LogP contribution in [0.5, 0.6) is 0 Å². The molecule has 88 valence electrons. The van der Waals surface area contributed by atoms with Gasteiger partial charge in [0, 0.05) is 0 Å². The summed E-state index contributed by atoms with van der Waals surface area (Å²) in [5, 5.41) is 0. The van der Waals surface area contributed by atoms with E-state index in [4.69, 9.17) is 0 Å². The summed E-state index contributed by atoms with van der Waals surface area (Å²) in [4.78, 5) is 0. The van der Waals surface area contributed by atoms with Crippen LogP contribution in [0.2, 0.25) is 0 Å². The van der Waals surface area contributed by atoms with E-state index in [1.54, 1.807) is 0 Å². The van der Waals surface area contributed by atoms with E-state index in [0.29, 0.717) is 5.92 Å². The lowest BCUT2D eigenvalue weighted by Gasteiger charge is -2.11. The Morgan fingerprint density at radius 1 is 0.941 bits per heavy atom. The minimum Gasteiger partial charge on any atom is -0.207 e. The summed E-state index contributed by atoms with van der Waals surface area (Å²) in [5.41, 5.74) is 3.62. The molecule has 17 heavy (non-hydrogen) atoms. The molecule has 0 saturated carbocycles. The fraction of sp³-hybridized carbons (Fsp3) is 0.250. The lowest BCUT2D eigenvalue weighted by Crippen LogP contribution is -1.96. The van der Waals surface area contributed by atoms with Crippen molar-refractivity contribution in [3.8, 4) is 11.1 Å². The molecule has 2 aromatic carbocycles. The molecule has 0 aliphatic carbocycles. The molecule has 0 aromatic heterocycles. The first-order valence-corrected chi connectivity index (χ1v) is 6.00. The molecule has 0 N–H and O–H groups in total. The van der Waals surface area contributed by atoms with Gasteiger partial charge < -0.3 is 0 Å². The quantitative estimate of drug-likeness (QED) is 0.714. The summed E-state index contributed by atoms with van der Waals surface area (Å²) in [6.45, 7) is 4.42.